The minimum atomic E-state index is -2.89. The van der Waals surface area contributed by atoms with E-state index in [4.69, 9.17) is 0 Å². The van der Waals surface area contributed by atoms with Gasteiger partial charge in [-0.25, -0.2) is 8.42 Å². The molecule has 1 heterocycles. The summed E-state index contributed by atoms with van der Waals surface area (Å²) < 4.78 is 22.5. The molecule has 1 saturated heterocycles. The van der Waals surface area contributed by atoms with Crippen molar-refractivity contribution in [3.63, 3.8) is 0 Å². The summed E-state index contributed by atoms with van der Waals surface area (Å²) in [5.41, 5.74) is 0. The van der Waals surface area contributed by atoms with Gasteiger partial charge in [0.2, 0.25) is 5.91 Å². The van der Waals surface area contributed by atoms with Crippen LogP contribution in [0, 0.1) is 5.92 Å². The second kappa shape index (κ2) is 4.57. The summed E-state index contributed by atoms with van der Waals surface area (Å²) in [5, 5.41) is 0. The van der Waals surface area contributed by atoms with E-state index in [-0.39, 0.29) is 23.3 Å². The fourth-order valence-corrected chi connectivity index (χ4v) is 3.41. The van der Waals surface area contributed by atoms with E-state index < -0.39 is 9.84 Å². The monoisotopic (exact) mass is 243 g/mol. The Hall–Kier alpha value is -0.840. The Morgan fingerprint density at radius 1 is 1.19 bits per heavy atom. The van der Waals surface area contributed by atoms with E-state index in [1.807, 2.05) is 6.08 Å². The van der Waals surface area contributed by atoms with Gasteiger partial charge in [-0.15, -0.1) is 0 Å². The van der Waals surface area contributed by atoms with Crippen molar-refractivity contribution in [3.8, 4) is 0 Å². The van der Waals surface area contributed by atoms with E-state index in [0.717, 1.165) is 19.3 Å². The summed E-state index contributed by atoms with van der Waals surface area (Å²) in [6, 6.07) is 0. The van der Waals surface area contributed by atoms with Crippen LogP contribution in [0.2, 0.25) is 0 Å². The molecular formula is C11H17NO3S. The maximum atomic E-state index is 12.1. The molecule has 0 N–H and O–H groups in total. The quantitative estimate of drug-likeness (QED) is 0.634. The Morgan fingerprint density at radius 3 is 2.44 bits per heavy atom. The van der Waals surface area contributed by atoms with Gasteiger partial charge in [-0.05, 0) is 19.3 Å². The number of amides is 1. The average molecular weight is 243 g/mol. The summed E-state index contributed by atoms with van der Waals surface area (Å²) >= 11 is 0. The Labute approximate surface area is 96.2 Å². The van der Waals surface area contributed by atoms with Crippen molar-refractivity contribution in [3.05, 3.63) is 12.2 Å². The lowest BCUT2D eigenvalue weighted by atomic mass is 9.93. The van der Waals surface area contributed by atoms with Gasteiger partial charge in [-0.2, -0.15) is 0 Å². The molecule has 1 aliphatic carbocycles. The molecule has 2 aliphatic rings. The number of nitrogens with zero attached hydrogens (tertiary/aromatic N) is 1. The molecule has 0 aromatic carbocycles. The van der Waals surface area contributed by atoms with Crippen molar-refractivity contribution in [1.82, 2.24) is 4.90 Å². The summed E-state index contributed by atoms with van der Waals surface area (Å²) in [6.07, 6.45) is 6.82. The molecule has 16 heavy (non-hydrogen) atoms. The van der Waals surface area contributed by atoms with Crippen LogP contribution in [0.1, 0.15) is 19.3 Å². The number of hydrogen-bond donors (Lipinski definition) is 0. The zero-order valence-electron chi connectivity index (χ0n) is 9.26. The first kappa shape index (κ1) is 11.6. The third-order valence-electron chi connectivity index (χ3n) is 3.27. The molecule has 90 valence electrons. The molecule has 4 nitrogen and oxygen atoms in total. The van der Waals surface area contributed by atoms with Gasteiger partial charge in [0.05, 0.1) is 11.5 Å². The summed E-state index contributed by atoms with van der Waals surface area (Å²) in [6.45, 7) is 0.753. The minimum Gasteiger partial charge on any atom is -0.340 e. The van der Waals surface area contributed by atoms with Gasteiger partial charge in [0, 0.05) is 19.0 Å². The first-order chi connectivity index (χ1) is 7.58. The predicted octanol–water partition coefficient (Wildman–Crippen LogP) is 0.600. The van der Waals surface area contributed by atoms with Crippen LogP contribution in [0.25, 0.3) is 0 Å². The van der Waals surface area contributed by atoms with Crippen molar-refractivity contribution in [2.75, 3.05) is 24.6 Å². The highest BCUT2D eigenvalue weighted by Gasteiger charge is 2.29. The van der Waals surface area contributed by atoms with Crippen molar-refractivity contribution < 1.29 is 13.2 Å². The van der Waals surface area contributed by atoms with Crippen LogP contribution in [0.3, 0.4) is 0 Å². The SMILES string of the molecule is O=C(C1CC=CCC1)N1CCS(=O)(=O)CC1. The number of allylic oxidation sites excluding steroid dienone is 2. The maximum Gasteiger partial charge on any atom is 0.226 e. The van der Waals surface area contributed by atoms with Gasteiger partial charge in [0.15, 0.2) is 9.84 Å². The molecule has 0 aromatic rings. The highest BCUT2D eigenvalue weighted by molar-refractivity contribution is 7.91. The zero-order valence-corrected chi connectivity index (χ0v) is 10.1. The van der Waals surface area contributed by atoms with Crippen LogP contribution in [0.5, 0.6) is 0 Å². The first-order valence-corrected chi connectivity index (χ1v) is 7.55. The molecule has 1 aliphatic heterocycles. The molecule has 0 bridgehead atoms. The van der Waals surface area contributed by atoms with Crippen LogP contribution in [-0.4, -0.2) is 43.8 Å². The Balaban J connectivity index is 1.93. The standard InChI is InChI=1S/C11H17NO3S/c13-11(10-4-2-1-3-5-10)12-6-8-16(14,15)9-7-12/h1-2,10H,3-9H2. The van der Waals surface area contributed by atoms with Crippen molar-refractivity contribution in [1.29, 1.82) is 0 Å². The average Bonchev–Trinajstić information content (AvgIpc) is 2.29. The molecule has 0 spiro atoms. The van der Waals surface area contributed by atoms with Crippen LogP contribution < -0.4 is 0 Å². The number of sulfone groups is 1. The van der Waals surface area contributed by atoms with Crippen LogP contribution in [0.15, 0.2) is 12.2 Å². The number of hydrogen-bond acceptors (Lipinski definition) is 3. The van der Waals surface area contributed by atoms with Crippen LogP contribution in [0.4, 0.5) is 0 Å². The Kier molecular flexibility index (Phi) is 3.33. The van der Waals surface area contributed by atoms with E-state index in [1.54, 1.807) is 4.90 Å². The van der Waals surface area contributed by atoms with Gasteiger partial charge in [0.1, 0.15) is 0 Å². The number of carbonyl (C=O) groups is 1. The zero-order chi connectivity index (χ0) is 11.6. The lowest BCUT2D eigenvalue weighted by Crippen LogP contribution is -2.46. The maximum absolute atomic E-state index is 12.1. The fourth-order valence-electron chi connectivity index (χ4n) is 2.21. The lowest BCUT2D eigenvalue weighted by Gasteiger charge is -2.30. The van der Waals surface area contributed by atoms with Gasteiger partial charge < -0.3 is 4.90 Å². The first-order valence-electron chi connectivity index (χ1n) is 5.73. The molecule has 0 saturated carbocycles. The van der Waals surface area contributed by atoms with Gasteiger partial charge in [0.25, 0.3) is 0 Å². The van der Waals surface area contributed by atoms with E-state index in [1.165, 1.54) is 0 Å². The third kappa shape index (κ3) is 2.64. The molecular weight excluding hydrogens is 226 g/mol. The Bertz CT molecular complexity index is 385. The largest absolute Gasteiger partial charge is 0.340 e. The highest BCUT2D eigenvalue weighted by Crippen LogP contribution is 2.21. The molecule has 0 aromatic heterocycles. The molecule has 5 heteroatoms. The second-order valence-electron chi connectivity index (χ2n) is 4.46. The lowest BCUT2D eigenvalue weighted by molar-refractivity contribution is -0.135. The molecule has 1 atom stereocenters. The molecule has 1 fully saturated rings. The van der Waals surface area contributed by atoms with Gasteiger partial charge in [-0.3, -0.25) is 4.79 Å². The number of rotatable bonds is 1. The normalized spacial score (nSPS) is 29.0. The van der Waals surface area contributed by atoms with Crippen LogP contribution >= 0.6 is 0 Å². The minimum absolute atomic E-state index is 0.0748. The van der Waals surface area contributed by atoms with E-state index in [0.29, 0.717) is 13.1 Å². The smallest absolute Gasteiger partial charge is 0.226 e. The Morgan fingerprint density at radius 2 is 1.88 bits per heavy atom. The van der Waals surface area contributed by atoms with Gasteiger partial charge in [-0.1, -0.05) is 12.2 Å². The van der Waals surface area contributed by atoms with Crippen molar-refractivity contribution in [2.45, 2.75) is 19.3 Å². The van der Waals surface area contributed by atoms with Crippen LogP contribution in [-0.2, 0) is 14.6 Å². The topological polar surface area (TPSA) is 54.5 Å². The fraction of sp³-hybridized carbons (Fsp3) is 0.727. The van der Waals surface area contributed by atoms with Crippen molar-refractivity contribution in [2.24, 2.45) is 5.92 Å². The van der Waals surface area contributed by atoms with E-state index >= 15 is 0 Å². The molecule has 2 rings (SSSR count). The molecule has 1 amide bonds. The molecule has 1 unspecified atom stereocenters. The molecule has 0 radical (unpaired) electrons. The predicted molar refractivity (Wildman–Crippen MR) is 61.7 cm³/mol. The van der Waals surface area contributed by atoms with E-state index in [2.05, 4.69) is 6.08 Å². The number of carbonyl (C=O) groups excluding carboxylic acids is 1. The summed E-state index contributed by atoms with van der Waals surface area (Å²) in [4.78, 5) is 13.8. The van der Waals surface area contributed by atoms with E-state index in [9.17, 15) is 13.2 Å². The summed E-state index contributed by atoms with van der Waals surface area (Å²) in [7, 11) is -2.89. The van der Waals surface area contributed by atoms with Gasteiger partial charge >= 0.3 is 0 Å². The van der Waals surface area contributed by atoms with Crippen molar-refractivity contribution >= 4 is 15.7 Å². The summed E-state index contributed by atoms with van der Waals surface area (Å²) in [5.74, 6) is 0.466. The highest BCUT2D eigenvalue weighted by atomic mass is 32.2. The second-order valence-corrected chi connectivity index (χ2v) is 6.76. The third-order valence-corrected chi connectivity index (χ3v) is 4.88.